The largest absolute Gasteiger partial charge is 0.393 e. The quantitative estimate of drug-likeness (QED) is 0.474. The fraction of sp³-hybridized carbons (Fsp3) is 0.774. The summed E-state index contributed by atoms with van der Waals surface area (Å²) in [6.45, 7) is 9.53. The number of hydrogen-bond acceptors (Lipinski definition) is 3. The molecule has 0 spiro atoms. The third-order valence-electron chi connectivity index (χ3n) is 12.0. The van der Waals surface area contributed by atoms with E-state index in [1.807, 2.05) is 0 Å². The Balaban J connectivity index is 1.18. The van der Waals surface area contributed by atoms with Crippen LogP contribution in [0.1, 0.15) is 89.9 Å². The summed E-state index contributed by atoms with van der Waals surface area (Å²) in [6.07, 6.45) is 11.0. The van der Waals surface area contributed by atoms with Gasteiger partial charge in [0.05, 0.1) is 23.2 Å². The Hall–Kier alpha value is -1.39. The number of benzene rings is 1. The Bertz CT molecular complexity index is 1080. The molecule has 4 fully saturated rings. The van der Waals surface area contributed by atoms with Gasteiger partial charge in [0.1, 0.15) is 5.82 Å². The molecule has 192 valence electrons. The van der Waals surface area contributed by atoms with Gasteiger partial charge in [-0.1, -0.05) is 26.8 Å². The standard InChI is InChI=1S/C31H46N2O2/c1-18-5-11-26-27(15-18)33-29(32-26)12-6-19(2)23-9-10-24-22-8-7-20-16-21(34)13-14-30(20,3)25(22)17-28(35)31(23,24)4/h5,11,15,19-25,28,34-35H,6-10,12-14,16-17H2,1-4H3,(H,32,33)/t19-,20-,21-,22+,23-,24+,25+,28+,30+,31-/m1/s1. The molecule has 4 aliphatic carbocycles. The minimum absolute atomic E-state index is 0.0446. The molecule has 10 atom stereocenters. The molecule has 0 saturated heterocycles. The summed E-state index contributed by atoms with van der Waals surface area (Å²) in [5.74, 6) is 4.98. The number of aromatic nitrogens is 2. The Morgan fingerprint density at radius 2 is 1.89 bits per heavy atom. The molecule has 1 heterocycles. The Morgan fingerprint density at radius 3 is 2.71 bits per heavy atom. The van der Waals surface area contributed by atoms with Gasteiger partial charge in [-0.3, -0.25) is 0 Å². The van der Waals surface area contributed by atoms with Crippen LogP contribution in [0.15, 0.2) is 18.2 Å². The van der Waals surface area contributed by atoms with Gasteiger partial charge in [-0.2, -0.15) is 0 Å². The lowest BCUT2D eigenvalue weighted by molar-refractivity contribution is -0.174. The number of aliphatic hydroxyl groups is 2. The molecule has 4 nitrogen and oxygen atoms in total. The second-order valence-electron chi connectivity index (χ2n) is 13.6. The van der Waals surface area contributed by atoms with Gasteiger partial charge in [-0.15, -0.1) is 0 Å². The van der Waals surface area contributed by atoms with Crippen molar-refractivity contribution in [1.82, 2.24) is 9.97 Å². The lowest BCUT2D eigenvalue weighted by atomic mass is 9.43. The lowest BCUT2D eigenvalue weighted by Gasteiger charge is -2.62. The smallest absolute Gasteiger partial charge is 0.107 e. The summed E-state index contributed by atoms with van der Waals surface area (Å²) in [4.78, 5) is 8.40. The molecular weight excluding hydrogens is 432 g/mol. The van der Waals surface area contributed by atoms with Crippen molar-refractivity contribution in [1.29, 1.82) is 0 Å². The predicted molar refractivity (Wildman–Crippen MR) is 141 cm³/mol. The monoisotopic (exact) mass is 478 g/mol. The number of rotatable bonds is 4. The van der Waals surface area contributed by atoms with E-state index in [0.29, 0.717) is 35.0 Å². The highest BCUT2D eigenvalue weighted by Gasteiger charge is 2.63. The SMILES string of the molecule is Cc1ccc2nc(CC[C@@H](C)[C@H]3CC[C@H]4[C@@H]5CC[C@@H]6C[C@H](O)CC[C@]6(C)[C@H]5C[C@H](O)[C@]34C)[nH]c2c1. The van der Waals surface area contributed by atoms with E-state index in [0.717, 1.165) is 61.3 Å². The molecule has 6 rings (SSSR count). The van der Waals surface area contributed by atoms with Crippen LogP contribution in [0.5, 0.6) is 0 Å². The second kappa shape index (κ2) is 8.58. The number of hydrogen-bond donors (Lipinski definition) is 3. The maximum atomic E-state index is 11.8. The minimum Gasteiger partial charge on any atom is -0.393 e. The molecule has 35 heavy (non-hydrogen) atoms. The molecule has 0 unspecified atom stereocenters. The van der Waals surface area contributed by atoms with E-state index in [-0.39, 0.29) is 17.6 Å². The molecule has 3 N–H and O–H groups in total. The van der Waals surface area contributed by atoms with Crippen molar-refractivity contribution in [2.24, 2.45) is 46.3 Å². The summed E-state index contributed by atoms with van der Waals surface area (Å²) in [5, 5.41) is 22.1. The number of H-pyrrole nitrogens is 1. The first kappa shape index (κ1) is 24.0. The molecule has 0 aliphatic heterocycles. The first-order valence-corrected chi connectivity index (χ1v) is 14.5. The summed E-state index contributed by atoms with van der Waals surface area (Å²) in [5.41, 5.74) is 3.84. The van der Waals surface area contributed by atoms with Crippen LogP contribution >= 0.6 is 0 Å². The van der Waals surface area contributed by atoms with Gasteiger partial charge < -0.3 is 15.2 Å². The average Bonchev–Trinajstić information content (AvgIpc) is 3.40. The molecule has 2 aromatic rings. The third-order valence-corrected chi connectivity index (χ3v) is 12.0. The van der Waals surface area contributed by atoms with Gasteiger partial charge in [0.25, 0.3) is 0 Å². The predicted octanol–water partition coefficient (Wildman–Crippen LogP) is 6.43. The van der Waals surface area contributed by atoms with Gasteiger partial charge in [0.15, 0.2) is 0 Å². The van der Waals surface area contributed by atoms with Crippen LogP contribution in [0.2, 0.25) is 0 Å². The Labute approximate surface area is 211 Å². The van der Waals surface area contributed by atoms with Crippen molar-refractivity contribution in [3.8, 4) is 0 Å². The van der Waals surface area contributed by atoms with Crippen LogP contribution in [-0.4, -0.2) is 32.4 Å². The number of aromatic amines is 1. The average molecular weight is 479 g/mol. The number of imidazole rings is 1. The molecular formula is C31H46N2O2. The molecule has 0 bridgehead atoms. The number of nitrogens with one attached hydrogen (secondary N) is 1. The zero-order chi connectivity index (χ0) is 24.5. The summed E-state index contributed by atoms with van der Waals surface area (Å²) < 4.78 is 0. The maximum absolute atomic E-state index is 11.8. The van der Waals surface area contributed by atoms with Gasteiger partial charge in [-0.05, 0) is 129 Å². The van der Waals surface area contributed by atoms with Crippen LogP contribution in [0.25, 0.3) is 11.0 Å². The second-order valence-corrected chi connectivity index (χ2v) is 13.6. The molecule has 4 heteroatoms. The highest BCUT2D eigenvalue weighted by atomic mass is 16.3. The third kappa shape index (κ3) is 3.72. The molecule has 4 saturated carbocycles. The first-order chi connectivity index (χ1) is 16.7. The maximum Gasteiger partial charge on any atom is 0.107 e. The molecule has 1 aromatic carbocycles. The van der Waals surface area contributed by atoms with Gasteiger partial charge in [0.2, 0.25) is 0 Å². The van der Waals surface area contributed by atoms with E-state index in [1.54, 1.807) is 0 Å². The van der Waals surface area contributed by atoms with Gasteiger partial charge in [0, 0.05) is 6.42 Å². The van der Waals surface area contributed by atoms with E-state index in [9.17, 15) is 10.2 Å². The van der Waals surface area contributed by atoms with Crippen molar-refractivity contribution >= 4 is 11.0 Å². The fourth-order valence-corrected chi connectivity index (χ4v) is 10.0. The summed E-state index contributed by atoms with van der Waals surface area (Å²) in [6, 6.07) is 6.44. The van der Waals surface area contributed by atoms with Gasteiger partial charge in [-0.25, -0.2) is 4.98 Å². The highest BCUT2D eigenvalue weighted by molar-refractivity contribution is 5.75. The van der Waals surface area contributed by atoms with Crippen LogP contribution in [0.3, 0.4) is 0 Å². The van der Waals surface area contributed by atoms with Crippen molar-refractivity contribution in [3.05, 3.63) is 29.6 Å². The van der Waals surface area contributed by atoms with Crippen molar-refractivity contribution in [2.75, 3.05) is 0 Å². The normalized spacial score (nSPS) is 44.0. The van der Waals surface area contributed by atoms with Crippen LogP contribution in [0.4, 0.5) is 0 Å². The molecule has 1 aromatic heterocycles. The van der Waals surface area contributed by atoms with E-state index in [2.05, 4.69) is 50.9 Å². The lowest BCUT2D eigenvalue weighted by Crippen LogP contribution is -2.58. The number of aliphatic hydroxyl groups excluding tert-OH is 2. The number of aryl methyl sites for hydroxylation is 2. The van der Waals surface area contributed by atoms with E-state index >= 15 is 0 Å². The molecule has 0 amide bonds. The van der Waals surface area contributed by atoms with Crippen molar-refractivity contribution in [3.63, 3.8) is 0 Å². The van der Waals surface area contributed by atoms with E-state index < -0.39 is 0 Å². The summed E-state index contributed by atoms with van der Waals surface area (Å²) >= 11 is 0. The number of fused-ring (bicyclic) bond motifs is 6. The topological polar surface area (TPSA) is 69.1 Å². The van der Waals surface area contributed by atoms with Crippen molar-refractivity contribution < 1.29 is 10.2 Å². The minimum atomic E-state index is -0.194. The van der Waals surface area contributed by atoms with Crippen molar-refractivity contribution in [2.45, 2.75) is 104 Å². The summed E-state index contributed by atoms with van der Waals surface area (Å²) in [7, 11) is 0. The van der Waals surface area contributed by atoms with E-state index in [4.69, 9.17) is 4.98 Å². The van der Waals surface area contributed by atoms with Crippen LogP contribution < -0.4 is 0 Å². The molecule has 4 aliphatic rings. The van der Waals surface area contributed by atoms with E-state index in [1.165, 1.54) is 31.2 Å². The zero-order valence-electron chi connectivity index (χ0n) is 22.3. The number of nitrogens with zero attached hydrogens (tertiary/aromatic N) is 1. The van der Waals surface area contributed by atoms with Gasteiger partial charge >= 0.3 is 0 Å². The van der Waals surface area contributed by atoms with Crippen LogP contribution in [0, 0.1) is 53.3 Å². The Morgan fingerprint density at radius 1 is 1.06 bits per heavy atom. The zero-order valence-corrected chi connectivity index (χ0v) is 22.3. The fourth-order valence-electron chi connectivity index (χ4n) is 10.0. The van der Waals surface area contributed by atoms with Crippen LogP contribution in [-0.2, 0) is 6.42 Å². The highest BCUT2D eigenvalue weighted by Crippen LogP contribution is 2.68. The molecule has 0 radical (unpaired) electrons. The first-order valence-electron chi connectivity index (χ1n) is 14.5. The Kier molecular flexibility index (Phi) is 5.88.